The van der Waals surface area contributed by atoms with Crippen LogP contribution in [0.2, 0.25) is 5.02 Å². The van der Waals surface area contributed by atoms with Crippen LogP contribution in [0.5, 0.6) is 5.75 Å². The van der Waals surface area contributed by atoms with Crippen LogP contribution in [0.25, 0.3) is 0 Å². The molecule has 0 bridgehead atoms. The highest BCUT2D eigenvalue weighted by atomic mass is 35.5. The summed E-state index contributed by atoms with van der Waals surface area (Å²) in [5.74, 6) is -0.529. The number of rotatable bonds is 6. The number of carbonyl (C=O) groups excluding carboxylic acids is 2. The van der Waals surface area contributed by atoms with Gasteiger partial charge < -0.3 is 14.8 Å². The van der Waals surface area contributed by atoms with Crippen LogP contribution in [0.1, 0.15) is 18.1 Å². The minimum Gasteiger partial charge on any atom is -0.482 e. The van der Waals surface area contributed by atoms with E-state index in [0.29, 0.717) is 16.5 Å². The molecule has 2 aromatic rings. The van der Waals surface area contributed by atoms with Gasteiger partial charge in [0.15, 0.2) is 12.7 Å². The number of hydrogen-bond acceptors (Lipinski definition) is 4. The summed E-state index contributed by atoms with van der Waals surface area (Å²) in [6.07, 6.45) is -0.929. The number of ether oxygens (including phenoxy) is 2. The topological polar surface area (TPSA) is 64.6 Å². The molecule has 1 amide bonds. The third-order valence-electron chi connectivity index (χ3n) is 3.49. The Hall–Kier alpha value is -2.53. The van der Waals surface area contributed by atoms with Crippen molar-refractivity contribution in [1.29, 1.82) is 0 Å². The van der Waals surface area contributed by atoms with E-state index >= 15 is 0 Å². The first-order valence-corrected chi connectivity index (χ1v) is 8.19. The van der Waals surface area contributed by atoms with Crippen LogP contribution in [0.15, 0.2) is 42.5 Å². The average Bonchev–Trinajstić information content (AvgIpc) is 2.56. The SMILES string of the molecule is Cc1ccc(NC(=O)C(C)OC(=O)COc2ccc(Cl)cc2)c(C)c1. The molecule has 132 valence electrons. The molecule has 0 radical (unpaired) electrons. The van der Waals surface area contributed by atoms with Gasteiger partial charge >= 0.3 is 5.97 Å². The summed E-state index contributed by atoms with van der Waals surface area (Å²) in [7, 11) is 0. The Morgan fingerprint density at radius 2 is 1.80 bits per heavy atom. The van der Waals surface area contributed by atoms with E-state index in [0.717, 1.165) is 11.1 Å². The molecule has 0 saturated heterocycles. The fourth-order valence-corrected chi connectivity index (χ4v) is 2.27. The molecule has 1 atom stereocenters. The standard InChI is InChI=1S/C19H20ClNO4/c1-12-4-9-17(13(2)10-12)21-19(23)14(3)25-18(22)11-24-16-7-5-15(20)6-8-16/h4-10,14H,11H2,1-3H3,(H,21,23). The van der Waals surface area contributed by atoms with E-state index in [9.17, 15) is 9.59 Å². The minimum atomic E-state index is -0.929. The monoisotopic (exact) mass is 361 g/mol. The predicted molar refractivity (Wildman–Crippen MR) is 97.0 cm³/mol. The first-order chi connectivity index (χ1) is 11.8. The number of amides is 1. The van der Waals surface area contributed by atoms with Gasteiger partial charge in [0.05, 0.1) is 0 Å². The Labute approximate surface area is 151 Å². The molecular weight excluding hydrogens is 342 g/mol. The van der Waals surface area contributed by atoms with Gasteiger partial charge in [-0.15, -0.1) is 0 Å². The van der Waals surface area contributed by atoms with Crippen LogP contribution < -0.4 is 10.1 Å². The van der Waals surface area contributed by atoms with Gasteiger partial charge in [0, 0.05) is 10.7 Å². The lowest BCUT2D eigenvalue weighted by molar-refractivity contribution is -0.155. The summed E-state index contributed by atoms with van der Waals surface area (Å²) in [6.45, 7) is 5.10. The fourth-order valence-electron chi connectivity index (χ4n) is 2.15. The summed E-state index contributed by atoms with van der Waals surface area (Å²) >= 11 is 5.77. The second-order valence-electron chi connectivity index (χ2n) is 5.68. The zero-order chi connectivity index (χ0) is 18.4. The third kappa shape index (κ3) is 5.80. The van der Waals surface area contributed by atoms with E-state index < -0.39 is 18.0 Å². The summed E-state index contributed by atoms with van der Waals surface area (Å²) in [4.78, 5) is 24.0. The van der Waals surface area contributed by atoms with E-state index in [1.807, 2.05) is 32.0 Å². The van der Waals surface area contributed by atoms with Crippen molar-refractivity contribution in [3.8, 4) is 5.75 Å². The van der Waals surface area contributed by atoms with Crippen LogP contribution in [0, 0.1) is 13.8 Å². The Kier molecular flexibility index (Phi) is 6.42. The second-order valence-corrected chi connectivity index (χ2v) is 6.12. The number of aryl methyl sites for hydroxylation is 2. The largest absolute Gasteiger partial charge is 0.482 e. The van der Waals surface area contributed by atoms with Crippen LogP contribution in [-0.2, 0) is 14.3 Å². The maximum absolute atomic E-state index is 12.2. The van der Waals surface area contributed by atoms with E-state index in [1.165, 1.54) is 6.92 Å². The van der Waals surface area contributed by atoms with E-state index in [-0.39, 0.29) is 6.61 Å². The number of benzene rings is 2. The van der Waals surface area contributed by atoms with Crippen LogP contribution in [-0.4, -0.2) is 24.6 Å². The van der Waals surface area contributed by atoms with E-state index in [2.05, 4.69) is 5.32 Å². The Bertz CT molecular complexity index is 759. The molecular formula is C19H20ClNO4. The van der Waals surface area contributed by atoms with Gasteiger partial charge in [-0.25, -0.2) is 4.79 Å². The lowest BCUT2D eigenvalue weighted by Crippen LogP contribution is -2.31. The zero-order valence-corrected chi connectivity index (χ0v) is 15.1. The normalized spacial score (nSPS) is 11.5. The van der Waals surface area contributed by atoms with E-state index in [4.69, 9.17) is 21.1 Å². The van der Waals surface area contributed by atoms with Crippen molar-refractivity contribution in [2.24, 2.45) is 0 Å². The van der Waals surface area contributed by atoms with Crippen LogP contribution in [0.3, 0.4) is 0 Å². The van der Waals surface area contributed by atoms with Crippen molar-refractivity contribution < 1.29 is 19.1 Å². The van der Waals surface area contributed by atoms with Crippen LogP contribution in [0.4, 0.5) is 5.69 Å². The summed E-state index contributed by atoms with van der Waals surface area (Å²) < 4.78 is 10.4. The summed E-state index contributed by atoms with van der Waals surface area (Å²) in [5.41, 5.74) is 2.74. The van der Waals surface area contributed by atoms with Crippen molar-refractivity contribution in [3.05, 3.63) is 58.6 Å². The highest BCUT2D eigenvalue weighted by Gasteiger charge is 2.19. The van der Waals surface area contributed by atoms with Crippen molar-refractivity contribution in [2.75, 3.05) is 11.9 Å². The molecule has 0 aliphatic heterocycles. The Balaban J connectivity index is 1.83. The van der Waals surface area contributed by atoms with Gasteiger partial charge in [0.1, 0.15) is 5.75 Å². The number of nitrogens with one attached hydrogen (secondary N) is 1. The molecule has 0 saturated carbocycles. The molecule has 2 rings (SSSR count). The van der Waals surface area contributed by atoms with Gasteiger partial charge in [-0.1, -0.05) is 29.3 Å². The lowest BCUT2D eigenvalue weighted by Gasteiger charge is -2.15. The summed E-state index contributed by atoms with van der Waals surface area (Å²) in [6, 6.07) is 12.3. The highest BCUT2D eigenvalue weighted by Crippen LogP contribution is 2.17. The molecule has 0 spiro atoms. The van der Waals surface area contributed by atoms with E-state index in [1.54, 1.807) is 24.3 Å². The first kappa shape index (κ1) is 18.8. The summed E-state index contributed by atoms with van der Waals surface area (Å²) in [5, 5.41) is 3.33. The molecule has 0 fully saturated rings. The molecule has 0 heterocycles. The first-order valence-electron chi connectivity index (χ1n) is 7.81. The average molecular weight is 362 g/mol. The number of halogens is 1. The van der Waals surface area contributed by atoms with Gasteiger partial charge in [0.25, 0.3) is 5.91 Å². The zero-order valence-electron chi connectivity index (χ0n) is 14.3. The van der Waals surface area contributed by atoms with Crippen molar-refractivity contribution in [2.45, 2.75) is 26.9 Å². The quantitative estimate of drug-likeness (QED) is 0.792. The van der Waals surface area contributed by atoms with Crippen LogP contribution >= 0.6 is 11.6 Å². The molecule has 2 aromatic carbocycles. The minimum absolute atomic E-state index is 0.289. The van der Waals surface area contributed by atoms with Gasteiger partial charge in [-0.3, -0.25) is 4.79 Å². The molecule has 1 unspecified atom stereocenters. The predicted octanol–water partition coefficient (Wildman–Crippen LogP) is 3.91. The third-order valence-corrected chi connectivity index (χ3v) is 3.74. The molecule has 5 nitrogen and oxygen atoms in total. The number of hydrogen-bond donors (Lipinski definition) is 1. The highest BCUT2D eigenvalue weighted by molar-refractivity contribution is 6.30. The molecule has 25 heavy (non-hydrogen) atoms. The van der Waals surface area contributed by atoms with Crippen molar-refractivity contribution >= 4 is 29.2 Å². The smallest absolute Gasteiger partial charge is 0.344 e. The van der Waals surface area contributed by atoms with Gasteiger partial charge in [-0.2, -0.15) is 0 Å². The Morgan fingerprint density at radius 3 is 2.44 bits per heavy atom. The molecule has 0 aliphatic carbocycles. The van der Waals surface area contributed by atoms with Gasteiger partial charge in [-0.05, 0) is 56.7 Å². The number of carbonyl (C=O) groups is 2. The second kappa shape index (κ2) is 8.53. The lowest BCUT2D eigenvalue weighted by atomic mass is 10.1. The Morgan fingerprint density at radius 1 is 1.12 bits per heavy atom. The molecule has 1 N–H and O–H groups in total. The fraction of sp³-hybridized carbons (Fsp3) is 0.263. The molecule has 0 aliphatic rings. The van der Waals surface area contributed by atoms with Crippen molar-refractivity contribution in [3.63, 3.8) is 0 Å². The van der Waals surface area contributed by atoms with Gasteiger partial charge in [0.2, 0.25) is 0 Å². The number of esters is 1. The number of anilines is 1. The maximum atomic E-state index is 12.2. The van der Waals surface area contributed by atoms with Crippen molar-refractivity contribution in [1.82, 2.24) is 0 Å². The maximum Gasteiger partial charge on any atom is 0.344 e. The molecule has 0 aromatic heterocycles. The molecule has 6 heteroatoms.